The van der Waals surface area contributed by atoms with Crippen LogP contribution in [0.5, 0.6) is 0 Å². The second-order valence-electron chi connectivity index (χ2n) is 5.33. The van der Waals surface area contributed by atoms with E-state index in [0.717, 1.165) is 0 Å². The fraction of sp³-hybridized carbons (Fsp3) is 0.846. The lowest BCUT2D eigenvalue weighted by Gasteiger charge is -2.40. The minimum atomic E-state index is -7.63. The van der Waals surface area contributed by atoms with Crippen molar-refractivity contribution in [3.05, 3.63) is 12.2 Å². The molecule has 0 heterocycles. The molecule has 0 atom stereocenters. The average Bonchev–Trinajstić information content (AvgIpc) is 2.50. The van der Waals surface area contributed by atoms with Gasteiger partial charge in [-0.15, -0.1) is 0 Å². The second kappa shape index (κ2) is 7.47. The van der Waals surface area contributed by atoms with E-state index < -0.39 is 48.2 Å². The first-order valence-electron chi connectivity index (χ1n) is 6.92. The van der Waals surface area contributed by atoms with Crippen LogP contribution < -0.4 is 0 Å². The van der Waals surface area contributed by atoms with Gasteiger partial charge >= 0.3 is 35.5 Å². The molecule has 0 saturated carbocycles. The van der Waals surface area contributed by atoms with Crippen LogP contribution in [0.15, 0.2) is 12.2 Å². The fourth-order valence-corrected chi connectivity index (χ4v) is 1.59. The van der Waals surface area contributed by atoms with Gasteiger partial charge in [-0.2, -0.15) is 52.7 Å². The minimum Gasteiger partial charge on any atom is -0.390 e. The topological polar surface area (TPSA) is 20.2 Å². The first-order valence-corrected chi connectivity index (χ1v) is 6.92. The molecule has 1 nitrogen and oxygen atoms in total. The van der Waals surface area contributed by atoms with Gasteiger partial charge in [-0.1, -0.05) is 25.8 Å². The number of hydrogen-bond acceptors (Lipinski definition) is 1. The van der Waals surface area contributed by atoms with Gasteiger partial charge in [0, 0.05) is 0 Å². The Labute approximate surface area is 139 Å². The van der Waals surface area contributed by atoms with Crippen LogP contribution in [0.2, 0.25) is 0 Å². The monoisotopic (exact) mass is 414 g/mol. The van der Waals surface area contributed by atoms with Gasteiger partial charge < -0.3 is 5.11 Å². The molecule has 0 aliphatic carbocycles. The molecule has 0 aliphatic heterocycles. The van der Waals surface area contributed by atoms with E-state index in [1.165, 1.54) is 0 Å². The Kier molecular flexibility index (Phi) is 7.14. The van der Waals surface area contributed by atoms with Crippen LogP contribution in [0.4, 0.5) is 52.7 Å². The lowest BCUT2D eigenvalue weighted by molar-refractivity contribution is -0.422. The highest BCUT2D eigenvalue weighted by molar-refractivity contribution is 5.15. The Morgan fingerprint density at radius 3 is 1.50 bits per heavy atom. The number of unbranched alkanes of at least 4 members (excludes halogenated alkanes) is 2. The SMILES string of the molecule is CCCC/C=C/C(F)(F)C(F)(F)C(F)(F)C(F)(F)C(F)(F)C(F)(F)CO. The van der Waals surface area contributed by atoms with Gasteiger partial charge in [0.1, 0.15) is 6.61 Å². The average molecular weight is 414 g/mol. The van der Waals surface area contributed by atoms with E-state index in [2.05, 4.69) is 0 Å². The van der Waals surface area contributed by atoms with E-state index >= 15 is 0 Å². The van der Waals surface area contributed by atoms with E-state index in [4.69, 9.17) is 5.11 Å². The third-order valence-electron chi connectivity index (χ3n) is 3.31. The molecule has 0 amide bonds. The van der Waals surface area contributed by atoms with E-state index in [1.807, 2.05) is 0 Å². The third-order valence-corrected chi connectivity index (χ3v) is 3.31. The van der Waals surface area contributed by atoms with Gasteiger partial charge in [0.25, 0.3) is 0 Å². The molecule has 156 valence electrons. The molecular formula is C13H14F12O. The van der Waals surface area contributed by atoms with Gasteiger partial charge in [-0.25, -0.2) is 0 Å². The molecule has 0 aromatic carbocycles. The van der Waals surface area contributed by atoms with E-state index in [-0.39, 0.29) is 18.9 Å². The summed E-state index contributed by atoms with van der Waals surface area (Å²) in [4.78, 5) is 0. The number of halogens is 12. The molecule has 0 aliphatic rings. The highest BCUT2D eigenvalue weighted by Gasteiger charge is 2.89. The van der Waals surface area contributed by atoms with Crippen molar-refractivity contribution in [3.63, 3.8) is 0 Å². The van der Waals surface area contributed by atoms with Gasteiger partial charge in [0.15, 0.2) is 0 Å². The van der Waals surface area contributed by atoms with Crippen molar-refractivity contribution in [2.45, 2.75) is 61.7 Å². The standard InChI is InChI=1S/C13H14F12O/c1-2-3-4-5-6-8(14,15)10(18,19)12(22,23)13(24,25)11(20,21)9(16,17)7-26/h5-6,26H,2-4,7H2,1H3/b6-5+. The Morgan fingerprint density at radius 2 is 1.12 bits per heavy atom. The summed E-state index contributed by atoms with van der Waals surface area (Å²) in [6, 6.07) is 0. The molecule has 0 unspecified atom stereocenters. The Morgan fingerprint density at radius 1 is 0.692 bits per heavy atom. The van der Waals surface area contributed by atoms with Crippen LogP contribution in [-0.4, -0.2) is 47.2 Å². The summed E-state index contributed by atoms with van der Waals surface area (Å²) in [6.45, 7) is -1.58. The molecule has 0 spiro atoms. The van der Waals surface area contributed by atoms with Crippen LogP contribution in [-0.2, 0) is 0 Å². The van der Waals surface area contributed by atoms with Crippen LogP contribution in [0.3, 0.4) is 0 Å². The van der Waals surface area contributed by atoms with Crippen LogP contribution in [0, 0.1) is 0 Å². The molecule has 0 rings (SSSR count). The minimum absolute atomic E-state index is 0.130. The molecule has 0 radical (unpaired) electrons. The van der Waals surface area contributed by atoms with E-state index in [1.54, 1.807) is 6.92 Å². The largest absolute Gasteiger partial charge is 0.390 e. The molecule has 0 bridgehead atoms. The highest BCUT2D eigenvalue weighted by atomic mass is 19.4. The molecule has 0 fully saturated rings. The quantitative estimate of drug-likeness (QED) is 0.283. The van der Waals surface area contributed by atoms with Gasteiger partial charge in [0.2, 0.25) is 0 Å². The maximum absolute atomic E-state index is 13.3. The smallest absolute Gasteiger partial charge is 0.385 e. The zero-order valence-electron chi connectivity index (χ0n) is 13.0. The first-order chi connectivity index (χ1) is 11.4. The molecule has 0 aromatic heterocycles. The summed E-state index contributed by atoms with van der Waals surface area (Å²) in [5.41, 5.74) is 0. The number of aliphatic hydroxyl groups is 1. The van der Waals surface area contributed by atoms with Gasteiger partial charge in [-0.3, -0.25) is 0 Å². The zero-order chi connectivity index (χ0) is 21.2. The molecule has 0 aromatic rings. The van der Waals surface area contributed by atoms with Crippen molar-refractivity contribution >= 4 is 0 Å². The lowest BCUT2D eigenvalue weighted by Crippen LogP contribution is -2.70. The van der Waals surface area contributed by atoms with Crippen molar-refractivity contribution in [2.24, 2.45) is 0 Å². The van der Waals surface area contributed by atoms with Crippen molar-refractivity contribution in [3.8, 4) is 0 Å². The summed E-state index contributed by atoms with van der Waals surface area (Å²) in [5, 5.41) is 7.93. The van der Waals surface area contributed by atoms with Gasteiger partial charge in [0.05, 0.1) is 0 Å². The third kappa shape index (κ3) is 3.77. The van der Waals surface area contributed by atoms with Crippen molar-refractivity contribution in [2.75, 3.05) is 6.61 Å². The highest BCUT2D eigenvalue weighted by Crippen LogP contribution is 2.60. The van der Waals surface area contributed by atoms with Crippen LogP contribution >= 0.6 is 0 Å². The summed E-state index contributed by atoms with van der Waals surface area (Å²) in [5.74, 6) is -42.0. The second-order valence-corrected chi connectivity index (χ2v) is 5.33. The molecule has 13 heteroatoms. The number of rotatable bonds is 10. The maximum atomic E-state index is 13.3. The number of hydrogen-bond donors (Lipinski definition) is 1. The molecular weight excluding hydrogens is 400 g/mol. The number of alkyl halides is 12. The van der Waals surface area contributed by atoms with Crippen molar-refractivity contribution in [1.82, 2.24) is 0 Å². The summed E-state index contributed by atoms with van der Waals surface area (Å²) >= 11 is 0. The Balaban J connectivity index is 6.06. The Bertz CT molecular complexity index is 497. The Hall–Kier alpha value is -1.14. The van der Waals surface area contributed by atoms with Crippen molar-refractivity contribution < 1.29 is 57.8 Å². The number of aliphatic hydroxyl groups excluding tert-OH is 1. The van der Waals surface area contributed by atoms with Crippen molar-refractivity contribution in [1.29, 1.82) is 0 Å². The summed E-state index contributed by atoms with van der Waals surface area (Å²) < 4.78 is 158. The summed E-state index contributed by atoms with van der Waals surface area (Å²) in [6.07, 6.45) is -0.488. The van der Waals surface area contributed by atoms with E-state index in [0.29, 0.717) is 6.42 Å². The summed E-state index contributed by atoms with van der Waals surface area (Å²) in [7, 11) is 0. The van der Waals surface area contributed by atoms with E-state index in [9.17, 15) is 52.7 Å². The zero-order valence-corrected chi connectivity index (χ0v) is 13.0. The molecule has 1 N–H and O–H groups in total. The van der Waals surface area contributed by atoms with Crippen LogP contribution in [0.1, 0.15) is 26.2 Å². The normalized spacial score (nSPS) is 15.8. The first kappa shape index (κ1) is 24.9. The predicted molar refractivity (Wildman–Crippen MR) is 65.4 cm³/mol. The number of allylic oxidation sites excluding steroid dienone is 2. The molecule has 26 heavy (non-hydrogen) atoms. The predicted octanol–water partition coefficient (Wildman–Crippen LogP) is 5.54. The fourth-order valence-electron chi connectivity index (χ4n) is 1.59. The van der Waals surface area contributed by atoms with Crippen LogP contribution in [0.25, 0.3) is 0 Å². The lowest BCUT2D eigenvalue weighted by atomic mass is 9.91. The van der Waals surface area contributed by atoms with Gasteiger partial charge in [-0.05, 0) is 12.5 Å². The molecule has 0 saturated heterocycles. The maximum Gasteiger partial charge on any atom is 0.385 e.